The van der Waals surface area contributed by atoms with Crippen LogP contribution >= 0.6 is 11.8 Å². The summed E-state index contributed by atoms with van der Waals surface area (Å²) in [6, 6.07) is 0.159. The molecule has 0 bridgehead atoms. The molecule has 0 atom stereocenters. The molecule has 1 aromatic rings. The lowest BCUT2D eigenvalue weighted by Crippen LogP contribution is -2.48. The summed E-state index contributed by atoms with van der Waals surface area (Å²) >= 11 is 1.32. The van der Waals surface area contributed by atoms with E-state index in [0.29, 0.717) is 16.9 Å². The van der Waals surface area contributed by atoms with Crippen LogP contribution in [0.2, 0.25) is 0 Å². The highest BCUT2D eigenvalue weighted by atomic mass is 32.2. The van der Waals surface area contributed by atoms with Gasteiger partial charge in [-0.15, -0.1) is 0 Å². The Hall–Kier alpha value is -1.50. The van der Waals surface area contributed by atoms with Gasteiger partial charge in [0.05, 0.1) is 11.4 Å². The van der Waals surface area contributed by atoms with Crippen LogP contribution in [0.3, 0.4) is 0 Å². The van der Waals surface area contributed by atoms with Crippen molar-refractivity contribution in [3.63, 3.8) is 0 Å². The summed E-state index contributed by atoms with van der Waals surface area (Å²) in [5, 5.41) is 3.63. The SMILES string of the molecule is Cc1nc(SCC(=O)NC2CCN(C(=O)C3CCCCC3)CC2)oc1C. The van der Waals surface area contributed by atoms with E-state index in [-0.39, 0.29) is 17.9 Å². The van der Waals surface area contributed by atoms with Crippen LogP contribution in [-0.4, -0.2) is 46.6 Å². The van der Waals surface area contributed by atoms with Crippen LogP contribution in [0.25, 0.3) is 0 Å². The summed E-state index contributed by atoms with van der Waals surface area (Å²) in [5.41, 5.74) is 0.864. The van der Waals surface area contributed by atoms with Crippen LogP contribution in [-0.2, 0) is 9.59 Å². The molecule has 0 unspecified atom stereocenters. The van der Waals surface area contributed by atoms with Crippen LogP contribution in [0.4, 0.5) is 0 Å². The summed E-state index contributed by atoms with van der Waals surface area (Å²) in [5.74, 6) is 1.67. The molecule has 6 nitrogen and oxygen atoms in total. The fourth-order valence-corrected chi connectivity index (χ4v) is 4.48. The highest BCUT2D eigenvalue weighted by Gasteiger charge is 2.29. The van der Waals surface area contributed by atoms with Crippen LogP contribution < -0.4 is 5.32 Å². The zero-order chi connectivity index (χ0) is 18.5. The van der Waals surface area contributed by atoms with Crippen molar-refractivity contribution in [3.8, 4) is 0 Å². The molecular formula is C19H29N3O3S. The van der Waals surface area contributed by atoms with Gasteiger partial charge in [-0.25, -0.2) is 4.98 Å². The molecule has 1 saturated carbocycles. The van der Waals surface area contributed by atoms with E-state index in [1.54, 1.807) is 0 Å². The Morgan fingerprint density at radius 3 is 2.46 bits per heavy atom. The molecule has 2 heterocycles. The second-order valence-corrected chi connectivity index (χ2v) is 8.34. The van der Waals surface area contributed by atoms with Crippen molar-refractivity contribution < 1.29 is 14.0 Å². The number of hydrogen-bond donors (Lipinski definition) is 1. The summed E-state index contributed by atoms with van der Waals surface area (Å²) < 4.78 is 5.48. The number of oxazole rings is 1. The zero-order valence-corrected chi connectivity index (χ0v) is 16.6. The highest BCUT2D eigenvalue weighted by Crippen LogP contribution is 2.26. The molecular weight excluding hydrogens is 350 g/mol. The molecule has 26 heavy (non-hydrogen) atoms. The number of carbonyl (C=O) groups is 2. The van der Waals surface area contributed by atoms with E-state index in [0.717, 1.165) is 50.2 Å². The minimum absolute atomic E-state index is 0.000521. The number of carbonyl (C=O) groups excluding carboxylic acids is 2. The smallest absolute Gasteiger partial charge is 0.256 e. The third kappa shape index (κ3) is 5.02. The van der Waals surface area contributed by atoms with Gasteiger partial charge in [0.15, 0.2) is 0 Å². The molecule has 0 aromatic carbocycles. The van der Waals surface area contributed by atoms with Crippen molar-refractivity contribution in [3.05, 3.63) is 11.5 Å². The van der Waals surface area contributed by atoms with E-state index < -0.39 is 0 Å². The van der Waals surface area contributed by atoms with Gasteiger partial charge in [0.1, 0.15) is 5.76 Å². The quantitative estimate of drug-likeness (QED) is 0.796. The molecule has 1 saturated heterocycles. The first kappa shape index (κ1) is 19.3. The molecule has 1 aliphatic carbocycles. The average molecular weight is 380 g/mol. The molecule has 144 valence electrons. The maximum absolute atomic E-state index is 12.6. The van der Waals surface area contributed by atoms with Crippen LogP contribution in [0, 0.1) is 19.8 Å². The summed E-state index contributed by atoms with van der Waals surface area (Å²) in [7, 11) is 0. The van der Waals surface area contributed by atoms with Crippen molar-refractivity contribution in [1.82, 2.24) is 15.2 Å². The van der Waals surface area contributed by atoms with Gasteiger partial charge in [-0.05, 0) is 39.5 Å². The van der Waals surface area contributed by atoms with Gasteiger partial charge in [-0.3, -0.25) is 9.59 Å². The molecule has 7 heteroatoms. The number of nitrogens with one attached hydrogen (secondary N) is 1. The number of aromatic nitrogens is 1. The topological polar surface area (TPSA) is 75.4 Å². The second-order valence-electron chi connectivity index (χ2n) is 7.41. The van der Waals surface area contributed by atoms with E-state index >= 15 is 0 Å². The molecule has 1 aliphatic heterocycles. The largest absolute Gasteiger partial charge is 0.437 e. The molecule has 2 amide bonds. The fourth-order valence-electron chi connectivity index (χ4n) is 3.75. The first-order chi connectivity index (χ1) is 12.5. The van der Waals surface area contributed by atoms with E-state index in [1.807, 2.05) is 18.7 Å². The third-order valence-corrected chi connectivity index (χ3v) is 6.29. The summed E-state index contributed by atoms with van der Waals surface area (Å²) in [6.07, 6.45) is 7.41. The molecule has 2 aliphatic rings. The number of hydrogen-bond acceptors (Lipinski definition) is 5. The number of aryl methyl sites for hydroxylation is 2. The normalized spacial score (nSPS) is 19.5. The number of amides is 2. The number of likely N-dealkylation sites (tertiary alicyclic amines) is 1. The lowest BCUT2D eigenvalue weighted by molar-refractivity contribution is -0.137. The summed E-state index contributed by atoms with van der Waals surface area (Å²) in [6.45, 7) is 5.28. The van der Waals surface area contributed by atoms with E-state index in [9.17, 15) is 9.59 Å². The Kier molecular flexibility index (Phi) is 6.62. The van der Waals surface area contributed by atoms with Gasteiger partial charge in [0, 0.05) is 25.0 Å². The fraction of sp³-hybridized carbons (Fsp3) is 0.737. The van der Waals surface area contributed by atoms with Gasteiger partial charge in [0.2, 0.25) is 11.8 Å². The Morgan fingerprint density at radius 2 is 1.85 bits per heavy atom. The second kappa shape index (κ2) is 8.93. The minimum Gasteiger partial charge on any atom is -0.437 e. The minimum atomic E-state index is 0.000521. The maximum atomic E-state index is 12.6. The van der Waals surface area contributed by atoms with Crippen LogP contribution in [0.5, 0.6) is 0 Å². The van der Waals surface area contributed by atoms with E-state index in [1.165, 1.54) is 31.0 Å². The number of thioether (sulfide) groups is 1. The lowest BCUT2D eigenvalue weighted by atomic mass is 9.87. The Bertz CT molecular complexity index is 612. The monoisotopic (exact) mass is 379 g/mol. The molecule has 0 spiro atoms. The van der Waals surface area contributed by atoms with Crippen molar-refractivity contribution in [2.45, 2.75) is 70.1 Å². The van der Waals surface area contributed by atoms with Crippen LogP contribution in [0.1, 0.15) is 56.4 Å². The first-order valence-corrected chi connectivity index (χ1v) is 10.7. The van der Waals surface area contributed by atoms with Crippen molar-refractivity contribution >= 4 is 23.6 Å². The Morgan fingerprint density at radius 1 is 1.15 bits per heavy atom. The van der Waals surface area contributed by atoms with E-state index in [2.05, 4.69) is 10.3 Å². The van der Waals surface area contributed by atoms with Crippen molar-refractivity contribution in [2.24, 2.45) is 5.92 Å². The third-order valence-electron chi connectivity index (χ3n) is 5.46. The van der Waals surface area contributed by atoms with Crippen LogP contribution in [0.15, 0.2) is 9.64 Å². The van der Waals surface area contributed by atoms with Crippen molar-refractivity contribution in [1.29, 1.82) is 0 Å². The molecule has 0 radical (unpaired) electrons. The van der Waals surface area contributed by atoms with Gasteiger partial charge < -0.3 is 14.6 Å². The Labute approximate surface area is 159 Å². The predicted molar refractivity (Wildman–Crippen MR) is 101 cm³/mol. The molecule has 3 rings (SSSR count). The van der Waals surface area contributed by atoms with E-state index in [4.69, 9.17) is 4.42 Å². The standard InChI is InChI=1S/C19H29N3O3S/c1-13-14(2)25-19(20-13)26-12-17(23)21-16-8-10-22(11-9-16)18(24)15-6-4-3-5-7-15/h15-16H,3-12H2,1-2H3,(H,21,23). The lowest BCUT2D eigenvalue weighted by Gasteiger charge is -2.35. The number of nitrogens with zero attached hydrogens (tertiary/aromatic N) is 2. The zero-order valence-electron chi connectivity index (χ0n) is 15.8. The number of piperidine rings is 1. The average Bonchev–Trinajstić information content (AvgIpc) is 2.98. The first-order valence-electron chi connectivity index (χ1n) is 9.68. The number of rotatable bonds is 5. The van der Waals surface area contributed by atoms with Gasteiger partial charge in [-0.2, -0.15) is 0 Å². The maximum Gasteiger partial charge on any atom is 0.256 e. The molecule has 1 N–H and O–H groups in total. The molecule has 2 fully saturated rings. The van der Waals surface area contributed by atoms with Gasteiger partial charge in [-0.1, -0.05) is 31.0 Å². The Balaban J connectivity index is 1.37. The molecule has 1 aromatic heterocycles. The predicted octanol–water partition coefficient (Wildman–Crippen LogP) is 3.07. The van der Waals surface area contributed by atoms with Gasteiger partial charge >= 0.3 is 0 Å². The summed E-state index contributed by atoms with van der Waals surface area (Å²) in [4.78, 5) is 31.0. The van der Waals surface area contributed by atoms with Gasteiger partial charge in [0.25, 0.3) is 5.22 Å². The highest BCUT2D eigenvalue weighted by molar-refractivity contribution is 7.99. The van der Waals surface area contributed by atoms with Crippen molar-refractivity contribution in [2.75, 3.05) is 18.8 Å².